The molecule has 0 aromatic heterocycles. The Bertz CT molecular complexity index is 692. The van der Waals surface area contributed by atoms with Crippen molar-refractivity contribution in [1.29, 1.82) is 0 Å². The third-order valence-electron chi connectivity index (χ3n) is 3.19. The van der Waals surface area contributed by atoms with Crippen LogP contribution in [0.2, 0.25) is 0 Å². The molecule has 0 atom stereocenters. The molecule has 0 N–H and O–H groups in total. The molecular formula is C17H16O5. The van der Waals surface area contributed by atoms with Crippen molar-refractivity contribution in [3.8, 4) is 17.2 Å². The van der Waals surface area contributed by atoms with Crippen LogP contribution in [0.1, 0.15) is 20.7 Å². The highest BCUT2D eigenvalue weighted by Gasteiger charge is 2.25. The highest BCUT2D eigenvalue weighted by atomic mass is 16.5. The zero-order chi connectivity index (χ0) is 16.1. The van der Waals surface area contributed by atoms with Gasteiger partial charge in [0, 0.05) is 5.56 Å². The lowest BCUT2D eigenvalue weighted by Gasteiger charge is -2.14. The predicted molar refractivity (Wildman–Crippen MR) is 81.2 cm³/mol. The van der Waals surface area contributed by atoms with E-state index in [1.807, 2.05) is 0 Å². The summed E-state index contributed by atoms with van der Waals surface area (Å²) in [5, 5.41) is 0. The Hall–Kier alpha value is -2.82. The lowest BCUT2D eigenvalue weighted by Crippen LogP contribution is -2.16. The molecule has 5 heteroatoms. The summed E-state index contributed by atoms with van der Waals surface area (Å²) in [5.74, 6) is -0.397. The van der Waals surface area contributed by atoms with Crippen LogP contribution < -0.4 is 14.2 Å². The quantitative estimate of drug-likeness (QED) is 0.606. The number of hydrogen-bond donors (Lipinski definition) is 0. The fourth-order valence-corrected chi connectivity index (χ4v) is 2.12. The van der Waals surface area contributed by atoms with E-state index in [-0.39, 0.29) is 17.1 Å². The van der Waals surface area contributed by atoms with Gasteiger partial charge in [-0.05, 0) is 12.1 Å². The molecule has 0 unspecified atom stereocenters. The molecule has 0 saturated heterocycles. The molecule has 0 spiro atoms. The molecule has 2 aromatic rings. The van der Waals surface area contributed by atoms with Crippen molar-refractivity contribution < 1.29 is 23.8 Å². The Kier molecular flexibility index (Phi) is 4.78. The molecule has 0 aliphatic carbocycles. The van der Waals surface area contributed by atoms with Gasteiger partial charge in [-0.25, -0.2) is 0 Å². The maximum absolute atomic E-state index is 12.5. The molecule has 0 bridgehead atoms. The number of hydrogen-bond acceptors (Lipinski definition) is 5. The van der Waals surface area contributed by atoms with E-state index >= 15 is 0 Å². The Balaban J connectivity index is 2.48. The van der Waals surface area contributed by atoms with Crippen LogP contribution in [0.15, 0.2) is 42.5 Å². The van der Waals surface area contributed by atoms with Crippen molar-refractivity contribution in [3.05, 3.63) is 53.6 Å². The van der Waals surface area contributed by atoms with Gasteiger partial charge in [-0.15, -0.1) is 0 Å². The van der Waals surface area contributed by atoms with Crippen LogP contribution in [-0.4, -0.2) is 32.9 Å². The molecule has 0 saturated carbocycles. The van der Waals surface area contributed by atoms with Gasteiger partial charge in [0.25, 0.3) is 0 Å². The third-order valence-corrected chi connectivity index (χ3v) is 3.19. The van der Waals surface area contributed by atoms with E-state index in [0.717, 1.165) is 0 Å². The molecule has 0 aliphatic heterocycles. The Morgan fingerprint density at radius 1 is 0.727 bits per heavy atom. The number of carbonyl (C=O) groups excluding carboxylic acids is 2. The van der Waals surface area contributed by atoms with Gasteiger partial charge in [0.05, 0.1) is 26.9 Å². The summed E-state index contributed by atoms with van der Waals surface area (Å²) in [6.07, 6.45) is 0. The first-order valence-corrected chi connectivity index (χ1v) is 6.57. The van der Waals surface area contributed by atoms with E-state index in [9.17, 15) is 9.59 Å². The summed E-state index contributed by atoms with van der Waals surface area (Å²) in [6.45, 7) is 0. The number of ether oxygens (including phenoxy) is 3. The average Bonchev–Trinajstić information content (AvgIpc) is 2.59. The van der Waals surface area contributed by atoms with E-state index in [4.69, 9.17) is 14.2 Å². The van der Waals surface area contributed by atoms with Crippen molar-refractivity contribution in [2.24, 2.45) is 0 Å². The fourth-order valence-electron chi connectivity index (χ4n) is 2.12. The van der Waals surface area contributed by atoms with Gasteiger partial charge >= 0.3 is 0 Å². The molecule has 0 aliphatic rings. The second kappa shape index (κ2) is 6.76. The second-order valence-electron chi connectivity index (χ2n) is 4.41. The van der Waals surface area contributed by atoms with Crippen molar-refractivity contribution >= 4 is 11.6 Å². The Morgan fingerprint density at radius 3 is 1.91 bits per heavy atom. The maximum atomic E-state index is 12.5. The van der Waals surface area contributed by atoms with Crippen LogP contribution in [0.4, 0.5) is 0 Å². The topological polar surface area (TPSA) is 61.8 Å². The summed E-state index contributed by atoms with van der Waals surface area (Å²) in [4.78, 5) is 24.8. The van der Waals surface area contributed by atoms with E-state index < -0.39 is 11.6 Å². The average molecular weight is 300 g/mol. The highest BCUT2D eigenvalue weighted by molar-refractivity contribution is 6.49. The summed E-state index contributed by atoms with van der Waals surface area (Å²) < 4.78 is 15.6. The number of benzene rings is 2. The van der Waals surface area contributed by atoms with Crippen LogP contribution in [0.3, 0.4) is 0 Å². The summed E-state index contributed by atoms with van der Waals surface area (Å²) in [6, 6.07) is 11.4. The van der Waals surface area contributed by atoms with Crippen LogP contribution in [0.5, 0.6) is 17.2 Å². The zero-order valence-electron chi connectivity index (χ0n) is 12.6. The van der Waals surface area contributed by atoms with E-state index in [1.54, 1.807) is 36.4 Å². The second-order valence-corrected chi connectivity index (χ2v) is 4.41. The summed E-state index contributed by atoms with van der Waals surface area (Å²) in [7, 11) is 4.32. The normalized spacial score (nSPS) is 9.95. The molecule has 0 radical (unpaired) electrons. The highest BCUT2D eigenvalue weighted by Crippen LogP contribution is 2.40. The molecular weight excluding hydrogens is 284 g/mol. The molecule has 2 rings (SSSR count). The lowest BCUT2D eigenvalue weighted by atomic mass is 10.00. The molecule has 2 aromatic carbocycles. The molecule has 114 valence electrons. The summed E-state index contributed by atoms with van der Waals surface area (Å²) >= 11 is 0. The van der Waals surface area contributed by atoms with E-state index in [0.29, 0.717) is 11.3 Å². The number of rotatable bonds is 6. The van der Waals surface area contributed by atoms with Gasteiger partial charge < -0.3 is 14.2 Å². The third kappa shape index (κ3) is 2.79. The van der Waals surface area contributed by atoms with Gasteiger partial charge in [-0.2, -0.15) is 0 Å². The lowest BCUT2D eigenvalue weighted by molar-refractivity contribution is 0.0814. The Morgan fingerprint density at radius 2 is 1.36 bits per heavy atom. The first kappa shape index (κ1) is 15.6. The largest absolute Gasteiger partial charge is 0.493 e. The molecule has 0 amide bonds. The van der Waals surface area contributed by atoms with Gasteiger partial charge in [0.1, 0.15) is 0 Å². The first-order valence-electron chi connectivity index (χ1n) is 6.57. The van der Waals surface area contributed by atoms with Crippen LogP contribution in [0.25, 0.3) is 0 Å². The zero-order valence-corrected chi connectivity index (χ0v) is 12.6. The van der Waals surface area contributed by atoms with Crippen molar-refractivity contribution in [2.45, 2.75) is 0 Å². The first-order chi connectivity index (χ1) is 10.6. The SMILES string of the molecule is COc1ccc(C(=O)C(=O)c2ccccc2)c(OC)c1OC. The monoisotopic (exact) mass is 300 g/mol. The fraction of sp³-hybridized carbons (Fsp3) is 0.176. The van der Waals surface area contributed by atoms with Crippen LogP contribution >= 0.6 is 0 Å². The number of Topliss-reactive ketones (excluding diaryl/α,β-unsaturated/α-hetero) is 2. The molecule has 0 fully saturated rings. The summed E-state index contributed by atoms with van der Waals surface area (Å²) in [5.41, 5.74) is 0.457. The van der Waals surface area contributed by atoms with Gasteiger partial charge in [0.2, 0.25) is 17.3 Å². The predicted octanol–water partition coefficient (Wildman–Crippen LogP) is 2.78. The number of ketones is 2. The van der Waals surface area contributed by atoms with Gasteiger partial charge in [0.15, 0.2) is 11.5 Å². The maximum Gasteiger partial charge on any atom is 0.237 e. The van der Waals surface area contributed by atoms with Crippen LogP contribution in [-0.2, 0) is 0 Å². The Labute approximate surface area is 128 Å². The number of methoxy groups -OCH3 is 3. The smallest absolute Gasteiger partial charge is 0.237 e. The van der Waals surface area contributed by atoms with Crippen molar-refractivity contribution in [3.63, 3.8) is 0 Å². The molecule has 5 nitrogen and oxygen atoms in total. The van der Waals surface area contributed by atoms with Gasteiger partial charge in [-0.1, -0.05) is 30.3 Å². The minimum Gasteiger partial charge on any atom is -0.493 e. The standard InChI is InChI=1S/C17H16O5/c1-20-13-10-9-12(16(21-2)17(13)22-3)15(19)14(18)11-7-5-4-6-8-11/h4-10H,1-3H3. The van der Waals surface area contributed by atoms with Gasteiger partial charge in [-0.3, -0.25) is 9.59 Å². The van der Waals surface area contributed by atoms with E-state index in [2.05, 4.69) is 0 Å². The number of carbonyl (C=O) groups is 2. The molecule has 0 heterocycles. The molecule has 22 heavy (non-hydrogen) atoms. The minimum atomic E-state index is -0.663. The van der Waals surface area contributed by atoms with Crippen molar-refractivity contribution in [2.75, 3.05) is 21.3 Å². The van der Waals surface area contributed by atoms with Crippen molar-refractivity contribution in [1.82, 2.24) is 0 Å². The minimum absolute atomic E-state index is 0.133. The van der Waals surface area contributed by atoms with E-state index in [1.165, 1.54) is 27.4 Å². The van der Waals surface area contributed by atoms with Crippen LogP contribution in [0, 0.1) is 0 Å².